The summed E-state index contributed by atoms with van der Waals surface area (Å²) in [5, 5.41) is 0. The lowest BCUT2D eigenvalue weighted by Crippen LogP contribution is -2.05. The van der Waals surface area contributed by atoms with Crippen molar-refractivity contribution in [3.8, 4) is 0 Å². The summed E-state index contributed by atoms with van der Waals surface area (Å²) in [6.45, 7) is 4.16. The van der Waals surface area contributed by atoms with E-state index >= 15 is 0 Å². The van der Waals surface area contributed by atoms with Crippen LogP contribution in [-0.2, 0) is 20.9 Å². The van der Waals surface area contributed by atoms with Crippen LogP contribution >= 0.6 is 0 Å². The van der Waals surface area contributed by atoms with Crippen LogP contribution in [0.5, 0.6) is 0 Å². The summed E-state index contributed by atoms with van der Waals surface area (Å²) in [6, 6.07) is 7.46. The lowest BCUT2D eigenvalue weighted by Gasteiger charge is -2.09. The standard InChI is InChI=1S/C12H14O3/c1-9(12(13)15-3)11-7-5-4-6-10(11)8-14-2/h4-7H,1,8H2,2-3H3. The number of ether oxygens (including phenoxy) is 2. The smallest absolute Gasteiger partial charge is 0.337 e. The Balaban J connectivity index is 3.02. The second-order valence-corrected chi connectivity index (χ2v) is 3.06. The van der Waals surface area contributed by atoms with Gasteiger partial charge in [0, 0.05) is 7.11 Å². The molecule has 0 unspecified atom stereocenters. The zero-order valence-corrected chi connectivity index (χ0v) is 8.95. The molecule has 3 heteroatoms. The quantitative estimate of drug-likeness (QED) is 0.558. The topological polar surface area (TPSA) is 35.5 Å². The van der Waals surface area contributed by atoms with E-state index in [2.05, 4.69) is 11.3 Å². The maximum atomic E-state index is 11.3. The first kappa shape index (κ1) is 11.5. The first-order valence-corrected chi connectivity index (χ1v) is 4.55. The Hall–Kier alpha value is -1.61. The Bertz CT molecular complexity index is 369. The summed E-state index contributed by atoms with van der Waals surface area (Å²) in [5.74, 6) is -0.418. The van der Waals surface area contributed by atoms with Gasteiger partial charge in [-0.1, -0.05) is 30.8 Å². The van der Waals surface area contributed by atoms with Crippen LogP contribution in [0.1, 0.15) is 11.1 Å². The number of esters is 1. The van der Waals surface area contributed by atoms with Gasteiger partial charge in [-0.15, -0.1) is 0 Å². The molecule has 0 atom stereocenters. The molecule has 1 aromatic carbocycles. The van der Waals surface area contributed by atoms with Gasteiger partial charge < -0.3 is 9.47 Å². The van der Waals surface area contributed by atoms with Crippen molar-refractivity contribution in [3.63, 3.8) is 0 Å². The highest BCUT2D eigenvalue weighted by molar-refractivity contribution is 6.15. The predicted octanol–water partition coefficient (Wildman–Crippen LogP) is 2.02. The molecule has 15 heavy (non-hydrogen) atoms. The molecule has 1 aromatic rings. The number of hydrogen-bond acceptors (Lipinski definition) is 3. The van der Waals surface area contributed by atoms with Gasteiger partial charge in [0.1, 0.15) is 0 Å². The maximum absolute atomic E-state index is 11.3. The van der Waals surface area contributed by atoms with Gasteiger partial charge in [-0.2, -0.15) is 0 Å². The van der Waals surface area contributed by atoms with Crippen LogP contribution in [0.3, 0.4) is 0 Å². The molecule has 0 aliphatic heterocycles. The van der Waals surface area contributed by atoms with Crippen molar-refractivity contribution in [3.05, 3.63) is 42.0 Å². The first-order chi connectivity index (χ1) is 7.20. The summed E-state index contributed by atoms with van der Waals surface area (Å²) < 4.78 is 9.66. The number of methoxy groups -OCH3 is 2. The Morgan fingerprint density at radius 1 is 1.33 bits per heavy atom. The summed E-state index contributed by atoms with van der Waals surface area (Å²) in [7, 11) is 2.95. The average molecular weight is 206 g/mol. The molecule has 0 aromatic heterocycles. The number of carbonyl (C=O) groups excluding carboxylic acids is 1. The normalized spacial score (nSPS) is 9.73. The summed E-state index contributed by atoms with van der Waals surface area (Å²) in [6.07, 6.45) is 0. The Morgan fingerprint density at radius 3 is 2.60 bits per heavy atom. The number of carbonyl (C=O) groups is 1. The molecule has 0 aliphatic rings. The van der Waals surface area contributed by atoms with Crippen LogP contribution in [0.4, 0.5) is 0 Å². The van der Waals surface area contributed by atoms with Crippen molar-refractivity contribution in [1.82, 2.24) is 0 Å². The van der Waals surface area contributed by atoms with Crippen molar-refractivity contribution < 1.29 is 14.3 Å². The predicted molar refractivity (Wildman–Crippen MR) is 58.2 cm³/mol. The third-order valence-corrected chi connectivity index (χ3v) is 2.07. The molecule has 0 heterocycles. The van der Waals surface area contributed by atoms with E-state index in [1.54, 1.807) is 7.11 Å². The van der Waals surface area contributed by atoms with Gasteiger partial charge in [0.2, 0.25) is 0 Å². The van der Waals surface area contributed by atoms with E-state index in [0.717, 1.165) is 11.1 Å². The van der Waals surface area contributed by atoms with Crippen molar-refractivity contribution in [1.29, 1.82) is 0 Å². The Morgan fingerprint density at radius 2 is 2.00 bits per heavy atom. The SMILES string of the molecule is C=C(C(=O)OC)c1ccccc1COC. The molecule has 0 spiro atoms. The molecule has 0 saturated heterocycles. The summed E-state index contributed by atoms with van der Waals surface area (Å²) in [4.78, 5) is 11.3. The van der Waals surface area contributed by atoms with E-state index in [9.17, 15) is 4.79 Å². The van der Waals surface area contributed by atoms with Gasteiger partial charge in [0.05, 0.1) is 19.3 Å². The molecule has 1 rings (SSSR count). The van der Waals surface area contributed by atoms with E-state index in [1.807, 2.05) is 24.3 Å². The molecular weight excluding hydrogens is 192 g/mol. The molecule has 0 saturated carbocycles. The molecule has 0 amide bonds. The third kappa shape index (κ3) is 2.67. The lowest BCUT2D eigenvalue weighted by molar-refractivity contribution is -0.133. The maximum Gasteiger partial charge on any atom is 0.337 e. The van der Waals surface area contributed by atoms with Crippen LogP contribution in [0, 0.1) is 0 Å². The van der Waals surface area contributed by atoms with Crippen molar-refractivity contribution >= 4 is 11.5 Å². The minimum atomic E-state index is -0.418. The molecule has 80 valence electrons. The van der Waals surface area contributed by atoms with Gasteiger partial charge in [0.25, 0.3) is 0 Å². The highest BCUT2D eigenvalue weighted by Gasteiger charge is 2.12. The highest BCUT2D eigenvalue weighted by Crippen LogP contribution is 2.19. The van der Waals surface area contributed by atoms with Crippen LogP contribution in [0.2, 0.25) is 0 Å². The van der Waals surface area contributed by atoms with Crippen molar-refractivity contribution in [2.24, 2.45) is 0 Å². The summed E-state index contributed by atoms with van der Waals surface area (Å²) in [5.41, 5.74) is 2.05. The van der Waals surface area contributed by atoms with Gasteiger partial charge >= 0.3 is 5.97 Å². The second-order valence-electron chi connectivity index (χ2n) is 3.06. The van der Waals surface area contributed by atoms with Crippen LogP contribution in [0.25, 0.3) is 5.57 Å². The van der Waals surface area contributed by atoms with Crippen molar-refractivity contribution in [2.75, 3.05) is 14.2 Å². The average Bonchev–Trinajstić information content (AvgIpc) is 2.28. The fourth-order valence-corrected chi connectivity index (χ4v) is 1.33. The first-order valence-electron chi connectivity index (χ1n) is 4.55. The van der Waals surface area contributed by atoms with Crippen LogP contribution in [-0.4, -0.2) is 20.2 Å². The molecular formula is C12H14O3. The number of hydrogen-bond donors (Lipinski definition) is 0. The summed E-state index contributed by atoms with van der Waals surface area (Å²) >= 11 is 0. The minimum absolute atomic E-state index is 0.352. The molecule has 0 bridgehead atoms. The van der Waals surface area contributed by atoms with E-state index in [0.29, 0.717) is 12.2 Å². The fraction of sp³-hybridized carbons (Fsp3) is 0.250. The van der Waals surface area contributed by atoms with E-state index in [-0.39, 0.29) is 0 Å². The fourth-order valence-electron chi connectivity index (χ4n) is 1.33. The molecule has 0 aliphatic carbocycles. The highest BCUT2D eigenvalue weighted by atomic mass is 16.5. The van der Waals surface area contributed by atoms with Gasteiger partial charge in [0.15, 0.2) is 0 Å². The zero-order valence-electron chi connectivity index (χ0n) is 8.95. The van der Waals surface area contributed by atoms with E-state index < -0.39 is 5.97 Å². The lowest BCUT2D eigenvalue weighted by atomic mass is 10.0. The molecule has 0 radical (unpaired) electrons. The van der Waals surface area contributed by atoms with Crippen LogP contribution < -0.4 is 0 Å². The molecule has 0 N–H and O–H groups in total. The minimum Gasteiger partial charge on any atom is -0.465 e. The van der Waals surface area contributed by atoms with Gasteiger partial charge in [-0.25, -0.2) is 4.79 Å². The monoisotopic (exact) mass is 206 g/mol. The number of rotatable bonds is 4. The van der Waals surface area contributed by atoms with Gasteiger partial charge in [-0.3, -0.25) is 0 Å². The van der Waals surface area contributed by atoms with E-state index in [1.165, 1.54) is 7.11 Å². The third-order valence-electron chi connectivity index (χ3n) is 2.07. The second kappa shape index (κ2) is 5.32. The zero-order chi connectivity index (χ0) is 11.3. The van der Waals surface area contributed by atoms with Crippen LogP contribution in [0.15, 0.2) is 30.8 Å². The Kier molecular flexibility index (Phi) is 4.06. The molecule has 3 nitrogen and oxygen atoms in total. The number of benzene rings is 1. The largest absolute Gasteiger partial charge is 0.465 e. The van der Waals surface area contributed by atoms with Gasteiger partial charge in [-0.05, 0) is 11.1 Å². The molecule has 0 fully saturated rings. The van der Waals surface area contributed by atoms with Crippen molar-refractivity contribution in [2.45, 2.75) is 6.61 Å². The van der Waals surface area contributed by atoms with E-state index in [4.69, 9.17) is 4.74 Å². The Labute approximate surface area is 89.3 Å².